The fraction of sp³-hybridized carbons (Fsp3) is 0.160. The van der Waals surface area contributed by atoms with E-state index in [1.54, 1.807) is 24.3 Å². The molecule has 1 aromatic heterocycles. The molecule has 5 rings (SSSR count). The molecule has 0 saturated carbocycles. The monoisotopic (exact) mass is 528 g/mol. The van der Waals surface area contributed by atoms with E-state index in [9.17, 15) is 22.8 Å². The van der Waals surface area contributed by atoms with Crippen molar-refractivity contribution in [1.82, 2.24) is 15.1 Å². The maximum absolute atomic E-state index is 14.9. The molecule has 8 nitrogen and oxygen atoms in total. The van der Waals surface area contributed by atoms with Gasteiger partial charge in [-0.1, -0.05) is 23.7 Å². The van der Waals surface area contributed by atoms with Gasteiger partial charge in [0.15, 0.2) is 0 Å². The van der Waals surface area contributed by atoms with Crippen molar-refractivity contribution >= 4 is 51.5 Å². The summed E-state index contributed by atoms with van der Waals surface area (Å²) in [6.45, 7) is 0. The quantitative estimate of drug-likeness (QED) is 0.265. The average molecular weight is 529 g/mol. The summed E-state index contributed by atoms with van der Waals surface area (Å²) in [5.41, 5.74) is 7.31. The second-order valence-corrected chi connectivity index (χ2v) is 8.95. The van der Waals surface area contributed by atoms with Crippen LogP contribution in [-0.2, 0) is 13.5 Å². The van der Waals surface area contributed by atoms with Crippen LogP contribution < -0.4 is 21.7 Å². The van der Waals surface area contributed by atoms with Gasteiger partial charge in [-0.2, -0.15) is 5.10 Å². The Bertz CT molecular complexity index is 1570. The van der Waals surface area contributed by atoms with E-state index in [4.69, 9.17) is 17.3 Å². The van der Waals surface area contributed by atoms with Crippen molar-refractivity contribution in [1.29, 1.82) is 0 Å². The molecule has 4 aromatic rings. The van der Waals surface area contributed by atoms with E-state index in [-0.39, 0.29) is 44.0 Å². The van der Waals surface area contributed by atoms with Crippen LogP contribution in [0.2, 0.25) is 5.02 Å². The topological polar surface area (TPSA) is 114 Å². The van der Waals surface area contributed by atoms with E-state index in [1.807, 2.05) is 0 Å². The molecule has 0 bridgehead atoms. The van der Waals surface area contributed by atoms with Crippen molar-refractivity contribution in [3.8, 4) is 0 Å². The van der Waals surface area contributed by atoms with Crippen LogP contribution in [-0.4, -0.2) is 28.1 Å². The van der Waals surface area contributed by atoms with Crippen molar-refractivity contribution in [3.05, 3.63) is 81.8 Å². The number of fused-ring (bicyclic) bond motifs is 2. The lowest BCUT2D eigenvalue weighted by Gasteiger charge is -2.19. The fourth-order valence-electron chi connectivity index (χ4n) is 4.56. The Hall–Kier alpha value is -4.25. The number of anilines is 3. The Kier molecular flexibility index (Phi) is 6.16. The molecule has 3 aromatic carbocycles. The third-order valence-electron chi connectivity index (χ3n) is 6.16. The number of hydrogen-bond acceptors (Lipinski definition) is 4. The molecule has 0 aliphatic carbocycles. The molecule has 0 spiro atoms. The van der Waals surface area contributed by atoms with Crippen molar-refractivity contribution in [2.75, 3.05) is 16.4 Å². The third kappa shape index (κ3) is 4.42. The van der Waals surface area contributed by atoms with Crippen LogP contribution in [0, 0.1) is 5.82 Å². The first-order chi connectivity index (χ1) is 17.6. The minimum atomic E-state index is -2.71. The molecular weight excluding hydrogens is 509 g/mol. The smallest absolute Gasteiger partial charge is 0.323 e. The summed E-state index contributed by atoms with van der Waals surface area (Å²) in [4.78, 5) is 26.1. The van der Waals surface area contributed by atoms with E-state index in [0.29, 0.717) is 11.4 Å². The Labute approximate surface area is 213 Å². The molecule has 1 aliphatic rings. The van der Waals surface area contributed by atoms with Gasteiger partial charge in [-0.3, -0.25) is 9.48 Å². The number of carbonyl (C=O) groups excluding carboxylic acids is 2. The van der Waals surface area contributed by atoms with E-state index in [2.05, 4.69) is 21.0 Å². The Morgan fingerprint density at radius 1 is 1.22 bits per heavy atom. The highest BCUT2D eigenvalue weighted by Gasteiger charge is 2.37. The van der Waals surface area contributed by atoms with E-state index >= 15 is 0 Å². The number of hydrogen-bond donors (Lipinski definition) is 4. The summed E-state index contributed by atoms with van der Waals surface area (Å²) in [5.74, 6) is -1.19. The number of aryl methyl sites for hydroxylation is 1. The highest BCUT2D eigenvalue weighted by molar-refractivity contribution is 6.30. The molecule has 0 saturated heterocycles. The van der Waals surface area contributed by atoms with Gasteiger partial charge < -0.3 is 21.7 Å². The number of aromatic nitrogens is 2. The number of para-hydroxylation sites is 2. The highest BCUT2D eigenvalue weighted by Crippen LogP contribution is 2.43. The molecule has 12 heteroatoms. The Morgan fingerprint density at radius 2 is 1.97 bits per heavy atom. The average Bonchev–Trinajstić information content (AvgIpc) is 3.33. The van der Waals surface area contributed by atoms with Gasteiger partial charge in [0.05, 0.1) is 40.7 Å². The predicted molar refractivity (Wildman–Crippen MR) is 135 cm³/mol. The van der Waals surface area contributed by atoms with E-state index in [1.165, 1.54) is 29.9 Å². The summed E-state index contributed by atoms with van der Waals surface area (Å²) < 4.78 is 43.2. The number of nitrogen functional groups attached to an aromatic ring is 1. The van der Waals surface area contributed by atoms with Gasteiger partial charge >= 0.3 is 6.03 Å². The second-order valence-electron chi connectivity index (χ2n) is 8.51. The van der Waals surface area contributed by atoms with Crippen LogP contribution >= 0.6 is 11.6 Å². The van der Waals surface area contributed by atoms with E-state index in [0.717, 1.165) is 6.07 Å². The van der Waals surface area contributed by atoms with Crippen LogP contribution in [0.1, 0.15) is 33.2 Å². The summed E-state index contributed by atoms with van der Waals surface area (Å²) in [7, 11) is 1.49. The maximum Gasteiger partial charge on any atom is 0.323 e. The number of nitrogens with zero attached hydrogens (tertiary/aromatic N) is 2. The molecular formula is C25H20ClF3N6O2. The summed E-state index contributed by atoms with van der Waals surface area (Å²) in [6.07, 6.45) is -3.37. The molecule has 37 heavy (non-hydrogen) atoms. The largest absolute Gasteiger partial charge is 0.397 e. The number of amides is 3. The highest BCUT2D eigenvalue weighted by atomic mass is 35.5. The van der Waals surface area contributed by atoms with Gasteiger partial charge in [-0.15, -0.1) is 0 Å². The van der Waals surface area contributed by atoms with Gasteiger partial charge in [0.25, 0.3) is 5.91 Å². The second kappa shape index (κ2) is 9.32. The lowest BCUT2D eigenvalue weighted by atomic mass is 9.93. The number of urea groups is 1. The van der Waals surface area contributed by atoms with Gasteiger partial charge in [0, 0.05) is 34.1 Å². The van der Waals surface area contributed by atoms with Crippen LogP contribution in [0.4, 0.5) is 35.0 Å². The zero-order valence-electron chi connectivity index (χ0n) is 19.3. The van der Waals surface area contributed by atoms with Gasteiger partial charge in [0.2, 0.25) is 6.43 Å². The first kappa shape index (κ1) is 24.4. The molecule has 1 unspecified atom stereocenters. The van der Waals surface area contributed by atoms with Crippen molar-refractivity contribution in [3.63, 3.8) is 0 Å². The summed E-state index contributed by atoms with van der Waals surface area (Å²) in [5, 5.41) is 12.7. The minimum absolute atomic E-state index is 0.0472. The van der Waals surface area contributed by atoms with Crippen molar-refractivity contribution < 1.29 is 22.8 Å². The molecule has 5 N–H and O–H groups in total. The minimum Gasteiger partial charge on any atom is -0.397 e. The summed E-state index contributed by atoms with van der Waals surface area (Å²) in [6, 6.07) is 10.1. The lowest BCUT2D eigenvalue weighted by Crippen LogP contribution is -2.23. The number of nitrogens with one attached hydrogen (secondary N) is 3. The van der Waals surface area contributed by atoms with Gasteiger partial charge in [0.1, 0.15) is 5.82 Å². The maximum atomic E-state index is 14.9. The Balaban J connectivity index is 1.72. The molecule has 0 radical (unpaired) electrons. The number of carbonyl (C=O) groups is 2. The number of rotatable bonds is 5. The predicted octanol–water partition coefficient (Wildman–Crippen LogP) is 5.23. The molecule has 1 atom stereocenters. The molecule has 3 amide bonds. The molecule has 190 valence electrons. The summed E-state index contributed by atoms with van der Waals surface area (Å²) >= 11 is 6.10. The SMILES string of the molecule is Cn1nc2cc3c(c(NC(=O)Nc4ccccc4N)c2c1CC(F)F)C(c1cc(Cl)ccc1F)NC3=O. The van der Waals surface area contributed by atoms with E-state index < -0.39 is 36.6 Å². The molecule has 1 aliphatic heterocycles. The zero-order chi connectivity index (χ0) is 26.4. The van der Waals surface area contributed by atoms with Crippen LogP contribution in [0.3, 0.4) is 0 Å². The number of halogens is 4. The normalized spacial score (nSPS) is 14.6. The Morgan fingerprint density at radius 3 is 2.70 bits per heavy atom. The first-order valence-corrected chi connectivity index (χ1v) is 11.5. The first-order valence-electron chi connectivity index (χ1n) is 11.1. The van der Waals surface area contributed by atoms with Crippen LogP contribution in [0.5, 0.6) is 0 Å². The van der Waals surface area contributed by atoms with Crippen LogP contribution in [0.25, 0.3) is 10.9 Å². The lowest BCUT2D eigenvalue weighted by molar-refractivity contribution is 0.0960. The number of nitrogens with two attached hydrogens (primary N) is 1. The molecule has 2 heterocycles. The molecule has 0 fully saturated rings. The zero-order valence-corrected chi connectivity index (χ0v) is 20.0. The van der Waals surface area contributed by atoms with Crippen molar-refractivity contribution in [2.24, 2.45) is 7.05 Å². The number of benzene rings is 3. The fourth-order valence-corrected chi connectivity index (χ4v) is 4.75. The number of alkyl halides is 2. The van der Waals surface area contributed by atoms with Crippen LogP contribution in [0.15, 0.2) is 48.5 Å². The van der Waals surface area contributed by atoms with Gasteiger partial charge in [-0.25, -0.2) is 18.0 Å². The third-order valence-corrected chi connectivity index (χ3v) is 6.39. The van der Waals surface area contributed by atoms with Crippen molar-refractivity contribution in [2.45, 2.75) is 18.9 Å². The van der Waals surface area contributed by atoms with Gasteiger partial charge in [-0.05, 0) is 36.4 Å². The standard InChI is InChI=1S/C25H20ClF3N6O2/c1-35-18(10-19(28)29)21-17(34-35)9-13-20(22(32-24(13)36)12-8-11(26)6-7-14(12)27)23(21)33-25(37)31-16-5-3-2-4-15(16)30/h2-9,19,22H,10,30H2,1H3,(H,32,36)(H2,31,33,37).